The van der Waals surface area contributed by atoms with Gasteiger partial charge in [0.25, 0.3) is 0 Å². The Morgan fingerprint density at radius 3 is 2.60 bits per heavy atom. The number of hydrogen-bond donors (Lipinski definition) is 3. The minimum absolute atomic E-state index is 0.280. The first-order chi connectivity index (χ1) is 9.70. The summed E-state index contributed by atoms with van der Waals surface area (Å²) >= 11 is 4.28. The number of methoxy groups -OCH3 is 1. The van der Waals surface area contributed by atoms with E-state index < -0.39 is 0 Å². The van der Waals surface area contributed by atoms with Crippen molar-refractivity contribution in [3.8, 4) is 5.75 Å². The molecule has 2 aromatic rings. The van der Waals surface area contributed by atoms with E-state index in [0.29, 0.717) is 12.2 Å². The van der Waals surface area contributed by atoms with Gasteiger partial charge in [0.15, 0.2) is 0 Å². The highest BCUT2D eigenvalue weighted by molar-refractivity contribution is 7.80. The van der Waals surface area contributed by atoms with Crippen LogP contribution in [0.4, 0.5) is 10.5 Å². The van der Waals surface area contributed by atoms with Crippen molar-refractivity contribution in [2.24, 2.45) is 0 Å². The molecule has 0 atom stereocenters. The van der Waals surface area contributed by atoms with Crippen molar-refractivity contribution < 1.29 is 9.53 Å². The van der Waals surface area contributed by atoms with Crippen molar-refractivity contribution >= 4 is 24.3 Å². The molecule has 2 N–H and O–H groups in total. The van der Waals surface area contributed by atoms with Crippen LogP contribution in [0.5, 0.6) is 5.75 Å². The fourth-order valence-electron chi connectivity index (χ4n) is 1.77. The number of urea groups is 1. The highest BCUT2D eigenvalue weighted by Crippen LogP contribution is 2.19. The topological polar surface area (TPSA) is 50.4 Å². The molecule has 0 aliphatic rings. The van der Waals surface area contributed by atoms with Gasteiger partial charge in [-0.15, -0.1) is 12.6 Å². The van der Waals surface area contributed by atoms with Crippen molar-refractivity contribution in [3.05, 3.63) is 54.1 Å². The Kier molecular flexibility index (Phi) is 4.90. The molecule has 0 bridgehead atoms. The maximum absolute atomic E-state index is 11.8. The van der Waals surface area contributed by atoms with Crippen LogP contribution >= 0.6 is 12.6 Å². The van der Waals surface area contributed by atoms with E-state index in [1.54, 1.807) is 13.2 Å². The Morgan fingerprint density at radius 2 is 1.85 bits per heavy atom. The maximum Gasteiger partial charge on any atom is 0.319 e. The SMILES string of the molecule is COc1ccccc1CNC(=O)Nc1ccccc1S. The monoisotopic (exact) mass is 288 g/mol. The van der Waals surface area contributed by atoms with Gasteiger partial charge in [-0.1, -0.05) is 30.3 Å². The van der Waals surface area contributed by atoms with Crippen molar-refractivity contribution in [1.82, 2.24) is 5.32 Å². The molecule has 2 rings (SSSR count). The zero-order valence-electron chi connectivity index (χ0n) is 11.1. The van der Waals surface area contributed by atoms with Crippen molar-refractivity contribution in [3.63, 3.8) is 0 Å². The van der Waals surface area contributed by atoms with Crippen LogP contribution in [0.15, 0.2) is 53.4 Å². The summed E-state index contributed by atoms with van der Waals surface area (Å²) in [6, 6.07) is 14.6. The highest BCUT2D eigenvalue weighted by atomic mass is 32.1. The number of carbonyl (C=O) groups excluding carboxylic acids is 1. The molecular formula is C15H16N2O2S. The van der Waals surface area contributed by atoms with Gasteiger partial charge in [0.05, 0.1) is 12.8 Å². The van der Waals surface area contributed by atoms with Crippen LogP contribution in [-0.2, 0) is 6.54 Å². The number of para-hydroxylation sites is 2. The molecule has 0 aliphatic heterocycles. The second kappa shape index (κ2) is 6.86. The van der Waals surface area contributed by atoms with Crippen LogP contribution in [0, 0.1) is 0 Å². The third-order valence-corrected chi connectivity index (χ3v) is 3.17. The lowest BCUT2D eigenvalue weighted by Gasteiger charge is -2.11. The van der Waals surface area contributed by atoms with E-state index >= 15 is 0 Å². The Morgan fingerprint density at radius 1 is 1.15 bits per heavy atom. The Labute approximate surface area is 123 Å². The van der Waals surface area contributed by atoms with Gasteiger partial charge in [0.1, 0.15) is 5.75 Å². The average Bonchev–Trinajstić information content (AvgIpc) is 2.48. The van der Waals surface area contributed by atoms with Gasteiger partial charge < -0.3 is 15.4 Å². The molecule has 0 fully saturated rings. The van der Waals surface area contributed by atoms with E-state index in [1.807, 2.05) is 42.5 Å². The summed E-state index contributed by atoms with van der Waals surface area (Å²) in [5.74, 6) is 0.752. The first kappa shape index (κ1) is 14.3. The predicted molar refractivity (Wildman–Crippen MR) is 82.5 cm³/mol. The van der Waals surface area contributed by atoms with Crippen molar-refractivity contribution in [2.75, 3.05) is 12.4 Å². The Balaban J connectivity index is 1.94. The van der Waals surface area contributed by atoms with E-state index in [2.05, 4.69) is 23.3 Å². The lowest BCUT2D eigenvalue weighted by molar-refractivity contribution is 0.251. The summed E-state index contributed by atoms with van der Waals surface area (Å²) in [4.78, 5) is 12.6. The van der Waals surface area contributed by atoms with E-state index in [-0.39, 0.29) is 6.03 Å². The number of ether oxygens (including phenoxy) is 1. The number of hydrogen-bond acceptors (Lipinski definition) is 3. The van der Waals surface area contributed by atoms with Crippen LogP contribution in [-0.4, -0.2) is 13.1 Å². The summed E-state index contributed by atoms with van der Waals surface area (Å²) < 4.78 is 5.23. The molecule has 0 aromatic heterocycles. The average molecular weight is 288 g/mol. The normalized spacial score (nSPS) is 9.90. The molecule has 5 heteroatoms. The molecule has 0 heterocycles. The Bertz CT molecular complexity index is 602. The van der Waals surface area contributed by atoms with Gasteiger partial charge in [-0.05, 0) is 18.2 Å². The molecule has 2 amide bonds. The molecule has 0 spiro atoms. The van der Waals surface area contributed by atoms with Crippen LogP contribution in [0.2, 0.25) is 0 Å². The first-order valence-electron chi connectivity index (χ1n) is 6.15. The molecule has 0 saturated carbocycles. The molecular weight excluding hydrogens is 272 g/mol. The number of nitrogens with one attached hydrogen (secondary N) is 2. The molecule has 0 unspecified atom stereocenters. The molecule has 2 aromatic carbocycles. The van der Waals surface area contributed by atoms with E-state index in [4.69, 9.17) is 4.74 Å². The zero-order chi connectivity index (χ0) is 14.4. The molecule has 20 heavy (non-hydrogen) atoms. The van der Waals surface area contributed by atoms with Gasteiger partial charge in [-0.3, -0.25) is 0 Å². The minimum Gasteiger partial charge on any atom is -0.496 e. The quantitative estimate of drug-likeness (QED) is 0.756. The summed E-state index contributed by atoms with van der Waals surface area (Å²) in [5, 5.41) is 5.54. The number of amides is 2. The fourth-order valence-corrected chi connectivity index (χ4v) is 1.99. The van der Waals surface area contributed by atoms with Gasteiger partial charge >= 0.3 is 6.03 Å². The van der Waals surface area contributed by atoms with E-state index in [1.165, 1.54) is 0 Å². The molecule has 0 aliphatic carbocycles. The summed E-state index contributed by atoms with van der Waals surface area (Å²) in [6.07, 6.45) is 0. The maximum atomic E-state index is 11.8. The lowest BCUT2D eigenvalue weighted by atomic mass is 10.2. The highest BCUT2D eigenvalue weighted by Gasteiger charge is 2.06. The smallest absolute Gasteiger partial charge is 0.319 e. The third kappa shape index (κ3) is 3.68. The van der Waals surface area contributed by atoms with E-state index in [0.717, 1.165) is 16.2 Å². The summed E-state index contributed by atoms with van der Waals surface area (Å²) in [6.45, 7) is 0.393. The Hall–Kier alpha value is -2.14. The second-order valence-corrected chi connectivity index (χ2v) is 4.62. The summed E-state index contributed by atoms with van der Waals surface area (Å²) in [5.41, 5.74) is 1.60. The largest absolute Gasteiger partial charge is 0.496 e. The lowest BCUT2D eigenvalue weighted by Crippen LogP contribution is -2.28. The summed E-state index contributed by atoms with van der Waals surface area (Å²) in [7, 11) is 1.61. The van der Waals surface area contributed by atoms with Crippen LogP contribution in [0.25, 0.3) is 0 Å². The number of thiol groups is 1. The van der Waals surface area contributed by atoms with Gasteiger partial charge in [-0.2, -0.15) is 0 Å². The van der Waals surface area contributed by atoms with Crippen LogP contribution < -0.4 is 15.4 Å². The predicted octanol–water partition coefficient (Wildman–Crippen LogP) is 3.31. The van der Waals surface area contributed by atoms with Gasteiger partial charge in [-0.25, -0.2) is 4.79 Å². The minimum atomic E-state index is -0.280. The molecule has 0 radical (unpaired) electrons. The second-order valence-electron chi connectivity index (χ2n) is 4.14. The van der Waals surface area contributed by atoms with Crippen LogP contribution in [0.3, 0.4) is 0 Å². The molecule has 0 saturated heterocycles. The molecule has 104 valence electrons. The van der Waals surface area contributed by atoms with Gasteiger partial charge in [0.2, 0.25) is 0 Å². The number of anilines is 1. The molecule has 4 nitrogen and oxygen atoms in total. The van der Waals surface area contributed by atoms with Gasteiger partial charge in [0, 0.05) is 17.0 Å². The third-order valence-electron chi connectivity index (χ3n) is 2.78. The number of carbonyl (C=O) groups is 1. The number of rotatable bonds is 4. The van der Waals surface area contributed by atoms with Crippen LogP contribution in [0.1, 0.15) is 5.56 Å². The first-order valence-corrected chi connectivity index (χ1v) is 6.60. The zero-order valence-corrected chi connectivity index (χ0v) is 12.0. The fraction of sp³-hybridized carbons (Fsp3) is 0.133. The standard InChI is InChI=1S/C15H16N2O2S/c1-19-13-8-4-2-6-11(13)10-16-15(18)17-12-7-3-5-9-14(12)20/h2-9,20H,10H2,1H3,(H2,16,17,18). The van der Waals surface area contributed by atoms with Crippen molar-refractivity contribution in [2.45, 2.75) is 11.4 Å². The van der Waals surface area contributed by atoms with E-state index in [9.17, 15) is 4.79 Å². The number of benzene rings is 2. The van der Waals surface area contributed by atoms with Crippen molar-refractivity contribution in [1.29, 1.82) is 0 Å².